The van der Waals surface area contributed by atoms with Crippen LogP contribution >= 0.6 is 34.9 Å². The molecule has 2 aromatic heterocycles. The number of oxime groups is 1. The zero-order valence-electron chi connectivity index (χ0n) is 44.1. The van der Waals surface area contributed by atoms with Crippen LogP contribution in [0.3, 0.4) is 0 Å². The van der Waals surface area contributed by atoms with E-state index in [1.54, 1.807) is 57.5 Å². The largest absolute Gasteiger partial charge is 0.497 e. The number of thiazole rings is 1. The Morgan fingerprint density at radius 1 is 0.833 bits per heavy atom. The van der Waals surface area contributed by atoms with E-state index in [1.807, 2.05) is 139 Å². The summed E-state index contributed by atoms with van der Waals surface area (Å²) in [7, 11) is 3.44. The maximum Gasteiger partial charge on any atom is 0.361 e. The van der Waals surface area contributed by atoms with Crippen LogP contribution < -0.4 is 25.7 Å². The van der Waals surface area contributed by atoms with Crippen molar-refractivity contribution in [2.24, 2.45) is 12.2 Å². The summed E-state index contributed by atoms with van der Waals surface area (Å²) in [4.78, 5) is 74.2. The molecule has 2 aliphatic heterocycles. The number of methoxy groups -OCH3 is 1. The van der Waals surface area contributed by atoms with Gasteiger partial charge in [-0.25, -0.2) is 19.1 Å². The Balaban J connectivity index is 1.02. The molecule has 1 saturated heterocycles. The van der Waals surface area contributed by atoms with E-state index in [0.29, 0.717) is 38.7 Å². The molecule has 2 atom stereocenters. The highest BCUT2D eigenvalue weighted by Gasteiger charge is 2.55. The molecule has 0 bridgehead atoms. The number of anilines is 2. The highest BCUT2D eigenvalue weighted by molar-refractivity contribution is 8.01. The van der Waals surface area contributed by atoms with Crippen LogP contribution in [0.5, 0.6) is 5.75 Å². The first-order chi connectivity index (χ1) is 37.5. The van der Waals surface area contributed by atoms with Gasteiger partial charge in [0.15, 0.2) is 10.8 Å². The van der Waals surface area contributed by atoms with Crippen LogP contribution in [0, 0.1) is 0 Å². The molecule has 2 amide bonds. The minimum Gasteiger partial charge on any atom is -0.497 e. The number of ether oxygens (including phenoxy) is 3. The summed E-state index contributed by atoms with van der Waals surface area (Å²) in [6.07, 6.45) is 1.91. The van der Waals surface area contributed by atoms with Crippen LogP contribution in [0.25, 0.3) is 11.1 Å². The lowest BCUT2D eigenvalue weighted by Gasteiger charge is -2.49. The topological polar surface area (TPSA) is 201 Å². The summed E-state index contributed by atoms with van der Waals surface area (Å²) in [6.45, 7) is 8.09. The Morgan fingerprint density at radius 3 is 2.00 bits per heavy atom. The van der Waals surface area contributed by atoms with Crippen molar-refractivity contribution < 1.29 is 42.8 Å². The van der Waals surface area contributed by atoms with E-state index in [9.17, 15) is 19.2 Å². The summed E-state index contributed by atoms with van der Waals surface area (Å²) in [5.74, 6) is -1.22. The maximum absolute atomic E-state index is 14.9. The monoisotopic (exact) mass is 1100 g/mol. The Kier molecular flexibility index (Phi) is 16.4. The molecule has 7 aromatic rings. The second-order valence-electron chi connectivity index (χ2n) is 19.9. The van der Waals surface area contributed by atoms with Gasteiger partial charge < -0.3 is 35.4 Å². The molecule has 4 N–H and O–H groups in total. The highest BCUT2D eigenvalue weighted by atomic mass is 32.2. The number of nitrogens with one attached hydrogen (secondary N) is 2. The second-order valence-corrected chi connectivity index (χ2v) is 22.8. The van der Waals surface area contributed by atoms with Crippen LogP contribution in [0.15, 0.2) is 179 Å². The fraction of sp³-hybridized carbons (Fsp3) is 0.254. The van der Waals surface area contributed by atoms with Gasteiger partial charge in [0.25, 0.3) is 17.6 Å². The number of carbonyl (C=O) groups is 4. The molecule has 0 radical (unpaired) electrons. The fourth-order valence-corrected chi connectivity index (χ4v) is 12.0. The number of nitrogens with two attached hydrogens (primary N) is 1. The molecular formula is C59H59N8O8S3+. The number of aromatic nitrogens is 3. The summed E-state index contributed by atoms with van der Waals surface area (Å²) >= 11 is 3.98. The first-order valence-electron chi connectivity index (χ1n) is 25.0. The van der Waals surface area contributed by atoms with Crippen molar-refractivity contribution in [1.82, 2.24) is 20.2 Å². The first-order valence-corrected chi connectivity index (χ1v) is 27.9. The van der Waals surface area contributed by atoms with Crippen molar-refractivity contribution in [2.75, 3.05) is 29.7 Å². The quantitative estimate of drug-likeness (QED) is 0.0101. The van der Waals surface area contributed by atoms with Gasteiger partial charge in [-0.3, -0.25) is 14.5 Å². The van der Waals surface area contributed by atoms with Gasteiger partial charge in [0.1, 0.15) is 52.5 Å². The zero-order valence-corrected chi connectivity index (χ0v) is 46.5. The zero-order chi connectivity index (χ0) is 55.2. The van der Waals surface area contributed by atoms with E-state index < -0.39 is 51.9 Å². The molecule has 0 saturated carbocycles. The second kappa shape index (κ2) is 23.3. The predicted octanol–water partition coefficient (Wildman–Crippen LogP) is 9.06. The normalized spacial score (nSPS) is 15.7. The molecule has 5 aromatic carbocycles. The number of nitrogens with zero attached hydrogens (tertiary/aromatic N) is 5. The molecule has 2 unspecified atom stereocenters. The van der Waals surface area contributed by atoms with Gasteiger partial charge in [-0.2, -0.15) is 0 Å². The number of amides is 2. The summed E-state index contributed by atoms with van der Waals surface area (Å²) in [5, 5.41) is 12.9. The Morgan fingerprint density at radius 2 is 1.42 bits per heavy atom. The number of hydrogen-bond acceptors (Lipinski definition) is 16. The lowest BCUT2D eigenvalue weighted by molar-refractivity contribution is -0.712. The lowest BCUT2D eigenvalue weighted by atomic mass is 9.77. The summed E-state index contributed by atoms with van der Waals surface area (Å²) in [5.41, 5.74) is 8.73. The van der Waals surface area contributed by atoms with Gasteiger partial charge in [-0.05, 0) is 96.9 Å². The molecule has 16 nitrogen and oxygen atoms in total. The number of rotatable bonds is 19. The third kappa shape index (κ3) is 11.9. The lowest BCUT2D eigenvalue weighted by Crippen LogP contribution is -2.71. The van der Waals surface area contributed by atoms with E-state index >= 15 is 0 Å². The van der Waals surface area contributed by atoms with Gasteiger partial charge in [-0.15, -0.1) is 23.1 Å². The van der Waals surface area contributed by atoms with Crippen molar-refractivity contribution in [1.29, 1.82) is 0 Å². The molecule has 19 heteroatoms. The van der Waals surface area contributed by atoms with Gasteiger partial charge in [0.05, 0.1) is 19.7 Å². The number of nitrogen functional groups attached to an aromatic ring is 1. The molecule has 78 heavy (non-hydrogen) atoms. The van der Waals surface area contributed by atoms with Crippen LogP contribution in [-0.4, -0.2) is 85.6 Å². The Hall–Kier alpha value is -8.00. The maximum atomic E-state index is 14.9. The number of esters is 2. The molecule has 4 heterocycles. The van der Waals surface area contributed by atoms with E-state index in [-0.39, 0.29) is 29.5 Å². The Labute approximate surface area is 465 Å². The molecule has 400 valence electrons. The standard InChI is InChI=1S/C59H58N8O8S3/c1-57(2,3)74-54(71)58(4,5)75-65-46(45-36-77-55(61-45)64-59(40-22-14-9-15-23-40,41-24-16-10-17-25-41)42-26-18-11-19-27-42)50(68)62-47-51(69)67-48(53(70)73-33-37-28-30-43(72-7)31-29-37)39(34-76-52(47)67)35-78-56-63-49(60)44(32-66(56)6)38-20-12-8-13-21-38/h8-32,36,47,52,60H,33-35H2,1-7H3,(H2,61,62,64,68)/p+1/b65-46-. The van der Waals surface area contributed by atoms with Crippen LogP contribution in [0.4, 0.5) is 10.9 Å². The smallest absolute Gasteiger partial charge is 0.361 e. The molecule has 0 spiro atoms. The van der Waals surface area contributed by atoms with E-state index in [0.717, 1.165) is 27.8 Å². The molecule has 9 rings (SSSR count). The predicted molar refractivity (Wildman–Crippen MR) is 303 cm³/mol. The van der Waals surface area contributed by atoms with E-state index in [4.69, 9.17) is 34.7 Å². The average Bonchev–Trinajstić information content (AvgIpc) is 3.96. The molecule has 0 aliphatic carbocycles. The van der Waals surface area contributed by atoms with Gasteiger partial charge >= 0.3 is 17.1 Å². The van der Waals surface area contributed by atoms with E-state index in [1.165, 1.54) is 53.6 Å². The third-order valence-electron chi connectivity index (χ3n) is 12.8. The SMILES string of the molecule is COc1ccc(COC(=O)C2=C(CSc3nc(N)c(-c4ccccc4)c[n+]3C)CSC3C(NC(=O)/C(=N\OC(C)(C)C(=O)OC(C)(C)C)c4csc(NC(c5ccccc5)(c5ccccc5)c5ccccc5)n4)C(=O)N23)cc1. The molecular weight excluding hydrogens is 1040 g/mol. The number of carbonyl (C=O) groups excluding carboxylic acids is 4. The minimum absolute atomic E-state index is 0.0755. The number of thioether (sulfide) groups is 2. The van der Waals surface area contributed by atoms with Crippen molar-refractivity contribution in [2.45, 2.75) is 74.5 Å². The van der Waals surface area contributed by atoms with E-state index in [2.05, 4.69) is 15.8 Å². The van der Waals surface area contributed by atoms with Crippen molar-refractivity contribution in [3.8, 4) is 16.9 Å². The van der Waals surface area contributed by atoms with Gasteiger partial charge in [-0.1, -0.05) is 139 Å². The fourth-order valence-electron chi connectivity index (χ4n) is 8.80. The van der Waals surface area contributed by atoms with Crippen molar-refractivity contribution in [3.63, 3.8) is 0 Å². The van der Waals surface area contributed by atoms with Crippen molar-refractivity contribution in [3.05, 3.63) is 196 Å². The number of β-lactam (4-membered cyclic amide) rings is 1. The summed E-state index contributed by atoms with van der Waals surface area (Å²) < 4.78 is 18.7. The molecule has 2 aliphatic rings. The molecule has 1 fully saturated rings. The number of benzene rings is 5. The van der Waals surface area contributed by atoms with Crippen LogP contribution in [0.1, 0.15) is 62.6 Å². The van der Waals surface area contributed by atoms with Gasteiger partial charge in [0, 0.05) is 16.9 Å². The number of fused-ring (bicyclic) bond motifs is 1. The number of hydrogen-bond donors (Lipinski definition) is 3. The number of aryl methyl sites for hydroxylation is 1. The average molecular weight is 1100 g/mol. The first kappa shape index (κ1) is 54.8. The third-order valence-corrected chi connectivity index (χ3v) is 16.0. The van der Waals surface area contributed by atoms with Crippen LogP contribution in [0.2, 0.25) is 0 Å². The van der Waals surface area contributed by atoms with Gasteiger partial charge in [0.2, 0.25) is 5.60 Å². The van der Waals surface area contributed by atoms with Crippen LogP contribution in [-0.2, 0) is 52.7 Å². The minimum atomic E-state index is -1.66. The summed E-state index contributed by atoms with van der Waals surface area (Å²) in [6, 6.07) is 45.7. The highest BCUT2D eigenvalue weighted by Crippen LogP contribution is 2.43. The Bertz CT molecular complexity index is 3280. The van der Waals surface area contributed by atoms with Crippen molar-refractivity contribution >= 4 is 75.3 Å².